The molecule has 0 saturated heterocycles. The van der Waals surface area contributed by atoms with Crippen molar-refractivity contribution in [2.75, 3.05) is 0 Å². The van der Waals surface area contributed by atoms with Gasteiger partial charge in [-0.05, 0) is 26.3 Å². The highest BCUT2D eigenvalue weighted by Crippen LogP contribution is 2.32. The highest BCUT2D eigenvalue weighted by molar-refractivity contribution is 5.89. The quantitative estimate of drug-likeness (QED) is 0.787. The third kappa shape index (κ3) is 2.01. The fraction of sp³-hybridized carbons (Fsp3) is 0.462. The third-order valence-corrected chi connectivity index (χ3v) is 2.99. The standard InChI is InChI=1S/C13H17NO2/c1-9-12(11-7-5-4-6-8-11)16-13(3,15)10(2)14-9/h4-9,12,15H,1-3H3/t9-,12-,13-/m0/s1. The van der Waals surface area contributed by atoms with E-state index in [1.54, 1.807) is 13.8 Å². The van der Waals surface area contributed by atoms with Crippen LogP contribution in [-0.2, 0) is 4.74 Å². The van der Waals surface area contributed by atoms with Crippen LogP contribution in [0.1, 0.15) is 32.4 Å². The lowest BCUT2D eigenvalue weighted by Crippen LogP contribution is -2.44. The molecule has 0 aliphatic carbocycles. The van der Waals surface area contributed by atoms with Crippen LogP contribution in [0.2, 0.25) is 0 Å². The van der Waals surface area contributed by atoms with Gasteiger partial charge in [-0.15, -0.1) is 0 Å². The fourth-order valence-corrected chi connectivity index (χ4v) is 1.91. The van der Waals surface area contributed by atoms with E-state index in [1.807, 2.05) is 37.3 Å². The highest BCUT2D eigenvalue weighted by atomic mass is 16.6. The van der Waals surface area contributed by atoms with Crippen molar-refractivity contribution in [3.63, 3.8) is 0 Å². The van der Waals surface area contributed by atoms with Crippen molar-refractivity contribution in [2.45, 2.75) is 38.7 Å². The molecule has 2 rings (SSSR count). The Morgan fingerprint density at radius 1 is 1.31 bits per heavy atom. The summed E-state index contributed by atoms with van der Waals surface area (Å²) in [5.74, 6) is -1.26. The van der Waals surface area contributed by atoms with Gasteiger partial charge in [-0.2, -0.15) is 0 Å². The molecule has 0 bridgehead atoms. The van der Waals surface area contributed by atoms with Crippen LogP contribution in [0.5, 0.6) is 0 Å². The van der Waals surface area contributed by atoms with E-state index in [0.717, 1.165) is 5.56 Å². The van der Waals surface area contributed by atoms with E-state index in [0.29, 0.717) is 5.71 Å². The average Bonchev–Trinajstić information content (AvgIpc) is 2.25. The van der Waals surface area contributed by atoms with E-state index < -0.39 is 5.79 Å². The smallest absolute Gasteiger partial charge is 0.202 e. The van der Waals surface area contributed by atoms with Gasteiger partial charge in [0.15, 0.2) is 0 Å². The second kappa shape index (κ2) is 4.00. The summed E-state index contributed by atoms with van der Waals surface area (Å²) in [4.78, 5) is 4.43. The Kier molecular flexibility index (Phi) is 2.82. The summed E-state index contributed by atoms with van der Waals surface area (Å²) in [6.07, 6.45) is -0.181. The average molecular weight is 219 g/mol. The van der Waals surface area contributed by atoms with Crippen molar-refractivity contribution >= 4 is 5.71 Å². The Bertz CT molecular complexity index is 398. The van der Waals surface area contributed by atoms with E-state index in [-0.39, 0.29) is 12.1 Å². The van der Waals surface area contributed by atoms with Crippen LogP contribution in [0, 0.1) is 0 Å². The predicted molar refractivity (Wildman–Crippen MR) is 63.5 cm³/mol. The molecule has 1 aliphatic heterocycles. The molecule has 16 heavy (non-hydrogen) atoms. The zero-order valence-corrected chi connectivity index (χ0v) is 9.84. The minimum atomic E-state index is -1.26. The SMILES string of the molecule is CC1=N[C@@H](C)[C@@H](c2ccccc2)O[C@]1(C)O. The van der Waals surface area contributed by atoms with Crippen LogP contribution in [0.3, 0.4) is 0 Å². The molecule has 3 atom stereocenters. The molecule has 1 N–H and O–H groups in total. The molecule has 0 aromatic heterocycles. The molecule has 1 aliphatic rings. The lowest BCUT2D eigenvalue weighted by molar-refractivity contribution is -0.184. The summed E-state index contributed by atoms with van der Waals surface area (Å²) in [5, 5.41) is 10.0. The molecule has 86 valence electrons. The molecule has 1 aromatic rings. The Morgan fingerprint density at radius 3 is 2.56 bits per heavy atom. The number of nitrogens with zero attached hydrogens (tertiary/aromatic N) is 1. The van der Waals surface area contributed by atoms with Crippen LogP contribution >= 0.6 is 0 Å². The van der Waals surface area contributed by atoms with E-state index in [1.165, 1.54) is 0 Å². The lowest BCUT2D eigenvalue weighted by Gasteiger charge is -2.36. The Labute approximate surface area is 95.8 Å². The summed E-state index contributed by atoms with van der Waals surface area (Å²) in [6.45, 7) is 5.42. The molecule has 0 radical (unpaired) electrons. The lowest BCUT2D eigenvalue weighted by atomic mass is 10.00. The number of aliphatic imine (C=N–C) groups is 1. The van der Waals surface area contributed by atoms with Crippen molar-refractivity contribution in [3.8, 4) is 0 Å². The third-order valence-electron chi connectivity index (χ3n) is 2.99. The molecular formula is C13H17NO2. The summed E-state index contributed by atoms with van der Waals surface area (Å²) in [6, 6.07) is 9.91. The normalized spacial score (nSPS) is 34.6. The van der Waals surface area contributed by atoms with Crippen LogP contribution in [0.25, 0.3) is 0 Å². The summed E-state index contributed by atoms with van der Waals surface area (Å²) >= 11 is 0. The van der Waals surface area contributed by atoms with Gasteiger partial charge >= 0.3 is 0 Å². The maximum Gasteiger partial charge on any atom is 0.202 e. The summed E-state index contributed by atoms with van der Waals surface area (Å²) in [5.41, 5.74) is 1.68. The maximum atomic E-state index is 10.0. The zero-order chi connectivity index (χ0) is 11.8. The van der Waals surface area contributed by atoms with Crippen molar-refractivity contribution < 1.29 is 9.84 Å². The molecule has 0 fully saturated rings. The van der Waals surface area contributed by atoms with Crippen LogP contribution in [0.4, 0.5) is 0 Å². The van der Waals surface area contributed by atoms with Crippen molar-refractivity contribution in [1.82, 2.24) is 0 Å². The topological polar surface area (TPSA) is 41.8 Å². The monoisotopic (exact) mass is 219 g/mol. The molecule has 0 spiro atoms. The zero-order valence-electron chi connectivity index (χ0n) is 9.84. The predicted octanol–water partition coefficient (Wildman–Crippen LogP) is 2.32. The van der Waals surface area contributed by atoms with Crippen LogP contribution in [0.15, 0.2) is 35.3 Å². The van der Waals surface area contributed by atoms with E-state index in [4.69, 9.17) is 4.74 Å². The van der Waals surface area contributed by atoms with Gasteiger partial charge in [-0.1, -0.05) is 30.3 Å². The number of benzene rings is 1. The van der Waals surface area contributed by atoms with Gasteiger partial charge in [0.2, 0.25) is 5.79 Å². The second-order valence-electron chi connectivity index (χ2n) is 4.39. The van der Waals surface area contributed by atoms with Gasteiger partial charge in [0.05, 0.1) is 11.8 Å². The van der Waals surface area contributed by atoms with E-state index in [9.17, 15) is 5.11 Å². The fourth-order valence-electron chi connectivity index (χ4n) is 1.91. The molecular weight excluding hydrogens is 202 g/mol. The summed E-state index contributed by atoms with van der Waals surface area (Å²) < 4.78 is 5.71. The molecule has 0 saturated carbocycles. The largest absolute Gasteiger partial charge is 0.361 e. The first kappa shape index (κ1) is 11.3. The first-order valence-electron chi connectivity index (χ1n) is 5.51. The molecule has 3 heteroatoms. The van der Waals surface area contributed by atoms with Crippen LogP contribution in [-0.4, -0.2) is 22.6 Å². The van der Waals surface area contributed by atoms with Gasteiger partial charge in [0.25, 0.3) is 0 Å². The highest BCUT2D eigenvalue weighted by Gasteiger charge is 2.37. The molecule has 3 nitrogen and oxygen atoms in total. The first-order valence-corrected chi connectivity index (χ1v) is 5.51. The van der Waals surface area contributed by atoms with Gasteiger partial charge in [-0.3, -0.25) is 4.99 Å². The number of hydrogen-bond donors (Lipinski definition) is 1. The van der Waals surface area contributed by atoms with Gasteiger partial charge in [-0.25, -0.2) is 0 Å². The minimum Gasteiger partial charge on any atom is -0.361 e. The van der Waals surface area contributed by atoms with E-state index in [2.05, 4.69) is 4.99 Å². The number of rotatable bonds is 1. The van der Waals surface area contributed by atoms with E-state index >= 15 is 0 Å². The Morgan fingerprint density at radius 2 is 1.94 bits per heavy atom. The molecule has 1 aromatic carbocycles. The number of aliphatic hydroxyl groups is 1. The molecule has 0 amide bonds. The molecule has 1 heterocycles. The van der Waals surface area contributed by atoms with Crippen molar-refractivity contribution in [1.29, 1.82) is 0 Å². The summed E-state index contributed by atoms with van der Waals surface area (Å²) in [7, 11) is 0. The first-order chi connectivity index (χ1) is 7.50. The molecule has 0 unspecified atom stereocenters. The van der Waals surface area contributed by atoms with Gasteiger partial charge in [0.1, 0.15) is 6.10 Å². The van der Waals surface area contributed by atoms with Crippen molar-refractivity contribution in [2.24, 2.45) is 4.99 Å². The van der Waals surface area contributed by atoms with Gasteiger partial charge < -0.3 is 9.84 Å². The Balaban J connectivity index is 2.32. The minimum absolute atomic E-state index is 0.0302. The Hall–Kier alpha value is -1.19. The maximum absolute atomic E-state index is 10.0. The van der Waals surface area contributed by atoms with Crippen LogP contribution < -0.4 is 0 Å². The second-order valence-corrected chi connectivity index (χ2v) is 4.39. The number of ether oxygens (including phenoxy) is 1. The number of hydrogen-bond acceptors (Lipinski definition) is 3. The van der Waals surface area contributed by atoms with Crippen molar-refractivity contribution in [3.05, 3.63) is 35.9 Å². The van der Waals surface area contributed by atoms with Gasteiger partial charge in [0, 0.05) is 0 Å².